The molecule has 1 heterocycles. The average Bonchev–Trinajstić information content (AvgIpc) is 3.29. The molecule has 3 nitrogen and oxygen atoms in total. The minimum atomic E-state index is 0.0768. The van der Waals surface area contributed by atoms with Gasteiger partial charge in [-0.2, -0.15) is 0 Å². The molecule has 20 heavy (non-hydrogen) atoms. The van der Waals surface area contributed by atoms with Crippen LogP contribution in [0.5, 0.6) is 0 Å². The molecule has 0 spiro atoms. The predicted molar refractivity (Wildman–Crippen MR) is 82.8 cm³/mol. The number of thioether (sulfide) groups is 1. The molecule has 1 unspecified atom stereocenters. The van der Waals surface area contributed by atoms with Gasteiger partial charge < -0.3 is 10.6 Å². The smallest absolute Gasteiger partial charge is 0.233 e. The Hall–Kier alpha value is -1.00. The van der Waals surface area contributed by atoms with E-state index < -0.39 is 0 Å². The molecule has 4 heteroatoms. The van der Waals surface area contributed by atoms with Crippen molar-refractivity contribution < 1.29 is 4.79 Å². The van der Waals surface area contributed by atoms with Gasteiger partial charge in [-0.15, -0.1) is 11.8 Å². The summed E-state index contributed by atoms with van der Waals surface area (Å²) in [5, 5.41) is 6.59. The molecular formula is C16H22N2OS. The Bertz CT molecular complexity index is 456. The van der Waals surface area contributed by atoms with Gasteiger partial charge in [0.15, 0.2) is 0 Å². The molecule has 1 aromatic carbocycles. The monoisotopic (exact) mass is 290 g/mol. The van der Waals surface area contributed by atoms with Crippen LogP contribution in [0.3, 0.4) is 0 Å². The number of hydrogen-bond acceptors (Lipinski definition) is 3. The summed E-state index contributed by atoms with van der Waals surface area (Å²) in [6.07, 6.45) is 5.88. The summed E-state index contributed by atoms with van der Waals surface area (Å²) in [6.45, 7) is 1.79. The van der Waals surface area contributed by atoms with Gasteiger partial charge in [0.05, 0.1) is 5.25 Å². The normalized spacial score (nSPS) is 23.2. The minimum Gasteiger partial charge on any atom is -0.355 e. The van der Waals surface area contributed by atoms with Crippen LogP contribution < -0.4 is 10.6 Å². The molecule has 1 saturated carbocycles. The number of nitrogens with one attached hydrogen (secondary N) is 2. The lowest BCUT2D eigenvalue weighted by atomic mass is 10.2. The van der Waals surface area contributed by atoms with E-state index in [1.54, 1.807) is 11.8 Å². The van der Waals surface area contributed by atoms with Crippen molar-refractivity contribution in [1.29, 1.82) is 0 Å². The number of benzene rings is 1. The quantitative estimate of drug-likeness (QED) is 0.876. The zero-order valence-electron chi connectivity index (χ0n) is 11.7. The van der Waals surface area contributed by atoms with Gasteiger partial charge in [0, 0.05) is 24.0 Å². The minimum absolute atomic E-state index is 0.0768. The largest absolute Gasteiger partial charge is 0.355 e. The fourth-order valence-corrected chi connectivity index (χ4v) is 3.52. The van der Waals surface area contributed by atoms with Crippen molar-refractivity contribution in [3.05, 3.63) is 29.8 Å². The van der Waals surface area contributed by atoms with Crippen LogP contribution in [-0.2, 0) is 11.3 Å². The highest BCUT2D eigenvalue weighted by Gasteiger charge is 2.22. The van der Waals surface area contributed by atoms with E-state index in [0.29, 0.717) is 0 Å². The summed E-state index contributed by atoms with van der Waals surface area (Å²) >= 11 is 1.70. The summed E-state index contributed by atoms with van der Waals surface area (Å²) in [4.78, 5) is 13.1. The van der Waals surface area contributed by atoms with Crippen molar-refractivity contribution in [3.63, 3.8) is 0 Å². The fraction of sp³-hybridized carbons (Fsp3) is 0.562. The van der Waals surface area contributed by atoms with Crippen LogP contribution in [0.4, 0.5) is 0 Å². The summed E-state index contributed by atoms with van der Waals surface area (Å²) in [5.74, 6) is 0.201. The zero-order valence-corrected chi connectivity index (χ0v) is 12.5. The van der Waals surface area contributed by atoms with Crippen molar-refractivity contribution in [2.24, 2.45) is 0 Å². The summed E-state index contributed by atoms with van der Waals surface area (Å²) in [5.41, 5.74) is 1.33. The molecule has 3 rings (SSSR count). The Labute approximate surface area is 124 Å². The first kappa shape index (κ1) is 14.0. The Morgan fingerprint density at radius 3 is 2.70 bits per heavy atom. The molecule has 1 aliphatic carbocycles. The number of carbonyl (C=O) groups is 1. The van der Waals surface area contributed by atoms with Crippen LogP contribution in [-0.4, -0.2) is 23.7 Å². The molecule has 0 radical (unpaired) electrons. The average molecular weight is 290 g/mol. The van der Waals surface area contributed by atoms with Crippen LogP contribution in [0, 0.1) is 0 Å². The Kier molecular flexibility index (Phi) is 4.63. The van der Waals surface area contributed by atoms with E-state index in [1.165, 1.54) is 23.3 Å². The van der Waals surface area contributed by atoms with Gasteiger partial charge >= 0.3 is 0 Å². The summed E-state index contributed by atoms with van der Waals surface area (Å²) < 4.78 is 0. The second kappa shape index (κ2) is 6.64. The lowest BCUT2D eigenvalue weighted by Crippen LogP contribution is -2.30. The molecule has 2 N–H and O–H groups in total. The highest BCUT2D eigenvalue weighted by molar-refractivity contribution is 8.00. The second-order valence-corrected chi connectivity index (χ2v) is 6.97. The maximum absolute atomic E-state index is 11.9. The first-order valence-electron chi connectivity index (χ1n) is 7.58. The third-order valence-electron chi connectivity index (χ3n) is 3.86. The standard InChI is InChI=1S/C16H22N2OS/c19-16-15(3-1-2-10-17-16)20-14-8-4-12(5-9-14)11-18-13-6-7-13/h4-5,8-9,13,15,18H,1-3,6-7,10-11H2,(H,17,19). The molecule has 0 aromatic heterocycles. The Balaban J connectivity index is 1.54. The summed E-state index contributed by atoms with van der Waals surface area (Å²) in [7, 11) is 0. The van der Waals surface area contributed by atoms with E-state index in [-0.39, 0.29) is 11.2 Å². The molecule has 2 aliphatic rings. The molecule has 1 amide bonds. The van der Waals surface area contributed by atoms with Gasteiger partial charge in [-0.3, -0.25) is 4.79 Å². The van der Waals surface area contributed by atoms with Gasteiger partial charge in [-0.1, -0.05) is 18.6 Å². The topological polar surface area (TPSA) is 41.1 Å². The predicted octanol–water partition coefficient (Wildman–Crippen LogP) is 2.70. The molecule has 1 aliphatic heterocycles. The van der Waals surface area contributed by atoms with Crippen LogP contribution in [0.1, 0.15) is 37.7 Å². The third-order valence-corrected chi connectivity index (χ3v) is 5.14. The number of rotatable bonds is 5. The maximum Gasteiger partial charge on any atom is 0.233 e. The van der Waals surface area contributed by atoms with Crippen molar-refractivity contribution in [1.82, 2.24) is 10.6 Å². The van der Waals surface area contributed by atoms with E-state index in [4.69, 9.17) is 0 Å². The first-order valence-corrected chi connectivity index (χ1v) is 8.46. The number of hydrogen-bond donors (Lipinski definition) is 2. The molecule has 1 aromatic rings. The molecule has 2 fully saturated rings. The van der Waals surface area contributed by atoms with Gasteiger partial charge in [0.2, 0.25) is 5.91 Å². The zero-order chi connectivity index (χ0) is 13.8. The Morgan fingerprint density at radius 2 is 1.95 bits per heavy atom. The second-order valence-electron chi connectivity index (χ2n) is 5.69. The molecule has 1 saturated heterocycles. The van der Waals surface area contributed by atoms with Crippen LogP contribution in [0.2, 0.25) is 0 Å². The number of amides is 1. The van der Waals surface area contributed by atoms with Gasteiger partial charge in [-0.25, -0.2) is 0 Å². The van der Waals surface area contributed by atoms with E-state index in [1.807, 2.05) is 0 Å². The lowest BCUT2D eigenvalue weighted by Gasteiger charge is -2.13. The van der Waals surface area contributed by atoms with Crippen LogP contribution in [0.25, 0.3) is 0 Å². The maximum atomic E-state index is 11.9. The van der Waals surface area contributed by atoms with Crippen molar-refractivity contribution in [2.45, 2.75) is 54.8 Å². The lowest BCUT2D eigenvalue weighted by molar-refractivity contribution is -0.120. The van der Waals surface area contributed by atoms with E-state index >= 15 is 0 Å². The number of carbonyl (C=O) groups excluding carboxylic acids is 1. The van der Waals surface area contributed by atoms with Crippen LogP contribution in [0.15, 0.2) is 29.2 Å². The van der Waals surface area contributed by atoms with Gasteiger partial charge in [0.25, 0.3) is 0 Å². The SMILES string of the molecule is O=C1NCCCCC1Sc1ccc(CNC2CC2)cc1. The molecule has 0 bridgehead atoms. The highest BCUT2D eigenvalue weighted by atomic mass is 32.2. The van der Waals surface area contributed by atoms with E-state index in [0.717, 1.165) is 38.4 Å². The third kappa shape index (κ3) is 4.00. The van der Waals surface area contributed by atoms with Gasteiger partial charge in [-0.05, 0) is 43.4 Å². The van der Waals surface area contributed by atoms with Gasteiger partial charge in [0.1, 0.15) is 0 Å². The molecule has 1 atom stereocenters. The summed E-state index contributed by atoms with van der Waals surface area (Å²) in [6, 6.07) is 9.39. The van der Waals surface area contributed by atoms with Crippen molar-refractivity contribution in [3.8, 4) is 0 Å². The first-order chi connectivity index (χ1) is 9.81. The van der Waals surface area contributed by atoms with Crippen LogP contribution >= 0.6 is 11.8 Å². The van der Waals surface area contributed by atoms with E-state index in [2.05, 4.69) is 34.9 Å². The molecule has 108 valence electrons. The van der Waals surface area contributed by atoms with Crippen molar-refractivity contribution >= 4 is 17.7 Å². The van der Waals surface area contributed by atoms with E-state index in [9.17, 15) is 4.79 Å². The molecular weight excluding hydrogens is 268 g/mol. The fourth-order valence-electron chi connectivity index (χ4n) is 2.42. The Morgan fingerprint density at radius 1 is 1.15 bits per heavy atom. The van der Waals surface area contributed by atoms with Crippen molar-refractivity contribution in [2.75, 3.05) is 6.54 Å². The highest BCUT2D eigenvalue weighted by Crippen LogP contribution is 2.28.